The normalized spacial score (nSPS) is 27.8. The molecule has 5 heteroatoms. The number of aryl methyl sites for hydroxylation is 1. The molecule has 3 rings (SSSR count). The fourth-order valence-electron chi connectivity index (χ4n) is 3.26. The number of carbonyl (C=O) groups is 1. The lowest BCUT2D eigenvalue weighted by atomic mass is 9.86. The molecule has 2 heterocycles. The van der Waals surface area contributed by atoms with Crippen LogP contribution in [0.3, 0.4) is 0 Å². The Labute approximate surface area is 142 Å². The number of hydroxylamine groups is 2. The molecule has 2 aliphatic rings. The zero-order valence-corrected chi connectivity index (χ0v) is 14.3. The van der Waals surface area contributed by atoms with Crippen molar-refractivity contribution in [3.05, 3.63) is 34.9 Å². The highest BCUT2D eigenvalue weighted by Gasteiger charge is 2.46. The number of β-lactam (4-membered cyclic amide) rings is 1. The average Bonchev–Trinajstić information content (AvgIpc) is 2.59. The number of hydrogen-bond donors (Lipinski definition) is 0. The van der Waals surface area contributed by atoms with E-state index in [1.807, 2.05) is 24.3 Å². The molecule has 0 aliphatic carbocycles. The fraction of sp³-hybridized carbons (Fsp3) is 0.611. The van der Waals surface area contributed by atoms with Gasteiger partial charge < -0.3 is 4.74 Å². The molecule has 0 aromatic heterocycles. The predicted octanol–water partition coefficient (Wildman–Crippen LogP) is 3.97. The van der Waals surface area contributed by atoms with Crippen molar-refractivity contribution in [2.45, 2.75) is 57.8 Å². The lowest BCUT2D eigenvalue weighted by molar-refractivity contribution is -0.316. The lowest BCUT2D eigenvalue weighted by Gasteiger charge is -2.45. The summed E-state index contributed by atoms with van der Waals surface area (Å²) in [7, 11) is 0. The Hall–Kier alpha value is -1.10. The number of rotatable bonds is 6. The average molecular weight is 338 g/mol. The smallest absolute Gasteiger partial charge is 0.251 e. The minimum Gasteiger partial charge on any atom is -0.350 e. The zero-order valence-electron chi connectivity index (χ0n) is 13.5. The second kappa shape index (κ2) is 7.65. The molecule has 1 unspecified atom stereocenters. The van der Waals surface area contributed by atoms with Gasteiger partial charge in [0, 0.05) is 18.1 Å². The summed E-state index contributed by atoms with van der Waals surface area (Å²) in [6.45, 7) is 2.78. The van der Waals surface area contributed by atoms with Crippen LogP contribution in [0.15, 0.2) is 24.3 Å². The SMILES string of the molecule is C[C@H]1[C@@H](CCCc2ccc(Cl)cc2)C(=O)N1OC1CCCCO1. The Morgan fingerprint density at radius 1 is 1.30 bits per heavy atom. The van der Waals surface area contributed by atoms with Crippen LogP contribution in [0, 0.1) is 5.92 Å². The molecule has 0 spiro atoms. The van der Waals surface area contributed by atoms with E-state index in [2.05, 4.69) is 6.92 Å². The molecule has 2 saturated heterocycles. The van der Waals surface area contributed by atoms with Crippen LogP contribution in [0.5, 0.6) is 0 Å². The van der Waals surface area contributed by atoms with Gasteiger partial charge in [0.1, 0.15) is 0 Å². The van der Waals surface area contributed by atoms with Gasteiger partial charge in [-0.05, 0) is 56.7 Å². The zero-order chi connectivity index (χ0) is 16.2. The van der Waals surface area contributed by atoms with Gasteiger partial charge in [0.15, 0.2) is 6.29 Å². The quantitative estimate of drug-likeness (QED) is 0.737. The first-order valence-corrected chi connectivity index (χ1v) is 8.89. The van der Waals surface area contributed by atoms with Crippen molar-refractivity contribution in [1.82, 2.24) is 5.06 Å². The molecule has 2 fully saturated rings. The summed E-state index contributed by atoms with van der Waals surface area (Å²) in [6, 6.07) is 8.05. The van der Waals surface area contributed by atoms with Gasteiger partial charge in [0.25, 0.3) is 5.91 Å². The Morgan fingerprint density at radius 2 is 2.09 bits per heavy atom. The number of amides is 1. The molecule has 2 aliphatic heterocycles. The van der Waals surface area contributed by atoms with Crippen molar-refractivity contribution in [3.8, 4) is 0 Å². The van der Waals surface area contributed by atoms with Crippen LogP contribution >= 0.6 is 11.6 Å². The fourth-order valence-corrected chi connectivity index (χ4v) is 3.39. The van der Waals surface area contributed by atoms with Crippen molar-refractivity contribution >= 4 is 17.5 Å². The summed E-state index contributed by atoms with van der Waals surface area (Å²) in [5.41, 5.74) is 1.26. The largest absolute Gasteiger partial charge is 0.350 e. The van der Waals surface area contributed by atoms with Crippen LogP contribution in [0.1, 0.15) is 44.6 Å². The van der Waals surface area contributed by atoms with E-state index >= 15 is 0 Å². The molecule has 4 nitrogen and oxygen atoms in total. The van der Waals surface area contributed by atoms with Gasteiger partial charge in [-0.2, -0.15) is 0 Å². The van der Waals surface area contributed by atoms with Gasteiger partial charge >= 0.3 is 0 Å². The van der Waals surface area contributed by atoms with Crippen LogP contribution in [0.2, 0.25) is 5.02 Å². The monoisotopic (exact) mass is 337 g/mol. The second-order valence-electron chi connectivity index (χ2n) is 6.43. The van der Waals surface area contributed by atoms with Crippen LogP contribution < -0.4 is 0 Å². The van der Waals surface area contributed by atoms with Crippen molar-refractivity contribution < 1.29 is 14.4 Å². The third-order valence-corrected chi connectivity index (χ3v) is 5.00. The topological polar surface area (TPSA) is 38.8 Å². The van der Waals surface area contributed by atoms with Crippen molar-refractivity contribution in [2.24, 2.45) is 5.92 Å². The third-order valence-electron chi connectivity index (χ3n) is 4.75. The van der Waals surface area contributed by atoms with Crippen LogP contribution in [-0.4, -0.2) is 29.9 Å². The Bertz CT molecular complexity index is 528. The Kier molecular flexibility index (Phi) is 5.57. The predicted molar refractivity (Wildman–Crippen MR) is 88.9 cm³/mol. The van der Waals surface area contributed by atoms with Gasteiger partial charge in [0.2, 0.25) is 0 Å². The summed E-state index contributed by atoms with van der Waals surface area (Å²) < 4.78 is 5.54. The minimum atomic E-state index is -0.245. The molecule has 1 aromatic carbocycles. The van der Waals surface area contributed by atoms with Crippen molar-refractivity contribution in [2.75, 3.05) is 6.61 Å². The summed E-state index contributed by atoms with van der Waals surface area (Å²) >= 11 is 5.89. The van der Waals surface area contributed by atoms with Crippen molar-refractivity contribution in [1.29, 1.82) is 0 Å². The van der Waals surface area contributed by atoms with E-state index in [1.54, 1.807) is 0 Å². The van der Waals surface area contributed by atoms with Crippen LogP contribution in [0.25, 0.3) is 0 Å². The maximum absolute atomic E-state index is 12.3. The number of halogens is 1. The molecule has 126 valence electrons. The van der Waals surface area contributed by atoms with Crippen LogP contribution in [-0.2, 0) is 20.8 Å². The first-order valence-electron chi connectivity index (χ1n) is 8.51. The Morgan fingerprint density at radius 3 is 2.74 bits per heavy atom. The Balaban J connectivity index is 1.41. The van der Waals surface area contributed by atoms with E-state index in [-0.39, 0.29) is 24.2 Å². The van der Waals surface area contributed by atoms with E-state index < -0.39 is 0 Å². The first-order chi connectivity index (χ1) is 11.1. The lowest BCUT2D eigenvalue weighted by Crippen LogP contribution is -2.60. The molecule has 0 saturated carbocycles. The van der Waals surface area contributed by atoms with Gasteiger partial charge in [-0.3, -0.25) is 4.79 Å². The van der Waals surface area contributed by atoms with E-state index in [4.69, 9.17) is 21.2 Å². The molecule has 3 atom stereocenters. The number of carbonyl (C=O) groups excluding carboxylic acids is 1. The minimum absolute atomic E-state index is 0.0749. The standard InChI is InChI=1S/C18H24ClNO3/c1-13-16(6-4-5-14-8-10-15(19)11-9-14)18(21)20(13)23-17-7-2-3-12-22-17/h8-11,13,16-17H,2-7,12H2,1H3/t13-,16+,17?/m0/s1. The second-order valence-corrected chi connectivity index (χ2v) is 6.87. The molecule has 1 aromatic rings. The highest BCUT2D eigenvalue weighted by atomic mass is 35.5. The van der Waals surface area contributed by atoms with E-state index in [0.717, 1.165) is 50.2 Å². The third kappa shape index (κ3) is 4.06. The number of ether oxygens (including phenoxy) is 1. The number of benzene rings is 1. The van der Waals surface area contributed by atoms with E-state index in [9.17, 15) is 4.79 Å². The van der Waals surface area contributed by atoms with Gasteiger partial charge in [-0.15, -0.1) is 0 Å². The highest BCUT2D eigenvalue weighted by Crippen LogP contribution is 2.32. The van der Waals surface area contributed by atoms with Gasteiger partial charge in [-0.1, -0.05) is 23.7 Å². The number of hydrogen-bond acceptors (Lipinski definition) is 3. The summed E-state index contributed by atoms with van der Waals surface area (Å²) in [5.74, 6) is 0.175. The maximum atomic E-state index is 12.3. The molecule has 23 heavy (non-hydrogen) atoms. The van der Waals surface area contributed by atoms with Crippen LogP contribution in [0.4, 0.5) is 0 Å². The summed E-state index contributed by atoms with van der Waals surface area (Å²) in [4.78, 5) is 18.0. The molecular formula is C18H24ClNO3. The number of nitrogens with zero attached hydrogens (tertiary/aromatic N) is 1. The summed E-state index contributed by atoms with van der Waals surface area (Å²) in [6.07, 6.45) is 5.68. The molecule has 0 bridgehead atoms. The molecule has 1 amide bonds. The molecule has 0 radical (unpaired) electrons. The molecule has 0 N–H and O–H groups in total. The highest BCUT2D eigenvalue weighted by molar-refractivity contribution is 6.30. The maximum Gasteiger partial charge on any atom is 0.251 e. The van der Waals surface area contributed by atoms with E-state index in [0.29, 0.717) is 0 Å². The van der Waals surface area contributed by atoms with Gasteiger partial charge in [-0.25, -0.2) is 9.90 Å². The molecular weight excluding hydrogens is 314 g/mol. The van der Waals surface area contributed by atoms with Gasteiger partial charge in [0.05, 0.1) is 12.0 Å². The van der Waals surface area contributed by atoms with E-state index in [1.165, 1.54) is 10.6 Å². The summed E-state index contributed by atoms with van der Waals surface area (Å²) in [5, 5.41) is 2.28. The first kappa shape index (κ1) is 16.7. The van der Waals surface area contributed by atoms with Crippen molar-refractivity contribution in [3.63, 3.8) is 0 Å².